The van der Waals surface area contributed by atoms with Crippen molar-refractivity contribution in [3.05, 3.63) is 86.4 Å². The van der Waals surface area contributed by atoms with Gasteiger partial charge in [-0.05, 0) is 48.4 Å². The first-order chi connectivity index (χ1) is 16.8. The van der Waals surface area contributed by atoms with Crippen LogP contribution in [0.1, 0.15) is 34.0 Å². The molecule has 3 aromatic carbocycles. The Bertz CT molecular complexity index is 1250. The van der Waals surface area contributed by atoms with E-state index in [1.165, 1.54) is 0 Å². The molecule has 0 spiro atoms. The fourth-order valence-electron chi connectivity index (χ4n) is 3.64. The Balaban J connectivity index is 1.38. The van der Waals surface area contributed by atoms with Crippen molar-refractivity contribution in [1.82, 2.24) is 5.32 Å². The number of ether oxygens (including phenoxy) is 3. The van der Waals surface area contributed by atoms with Gasteiger partial charge in [0.25, 0.3) is 5.91 Å². The fourth-order valence-corrected chi connectivity index (χ4v) is 4.26. The molecule has 35 heavy (non-hydrogen) atoms. The average Bonchev–Trinajstić information content (AvgIpc) is 2.83. The Labute approximate surface area is 216 Å². The number of rotatable bonds is 7. The highest BCUT2D eigenvalue weighted by Gasteiger charge is 2.27. The molecule has 1 atom stereocenters. The average molecular weight is 537 g/mol. The molecule has 182 valence electrons. The van der Waals surface area contributed by atoms with E-state index >= 15 is 0 Å². The third kappa shape index (κ3) is 6.11. The number of amides is 1. The van der Waals surface area contributed by atoms with Gasteiger partial charge in [-0.3, -0.25) is 4.79 Å². The molecule has 1 amide bonds. The van der Waals surface area contributed by atoms with Gasteiger partial charge in [0, 0.05) is 30.2 Å². The predicted octanol–water partition coefficient (Wildman–Crippen LogP) is 6.93. The number of hydrogen-bond donors (Lipinski definition) is 2. The van der Waals surface area contributed by atoms with Crippen LogP contribution >= 0.6 is 34.8 Å². The third-order valence-corrected chi connectivity index (χ3v) is 6.50. The van der Waals surface area contributed by atoms with Crippen LogP contribution in [0.25, 0.3) is 0 Å². The van der Waals surface area contributed by atoms with Gasteiger partial charge in [-0.15, -0.1) is 0 Å². The van der Waals surface area contributed by atoms with Crippen LogP contribution in [0, 0.1) is 0 Å². The molecule has 1 aliphatic heterocycles. The van der Waals surface area contributed by atoms with Crippen molar-refractivity contribution in [3.63, 3.8) is 0 Å². The summed E-state index contributed by atoms with van der Waals surface area (Å²) < 4.78 is 16.4. The molecule has 0 aliphatic carbocycles. The van der Waals surface area contributed by atoms with Gasteiger partial charge in [0.05, 0.1) is 21.7 Å². The van der Waals surface area contributed by atoms with Crippen LogP contribution in [0.2, 0.25) is 15.1 Å². The summed E-state index contributed by atoms with van der Waals surface area (Å²) in [6.45, 7) is 0.702. The Morgan fingerprint density at radius 2 is 1.83 bits per heavy atom. The maximum Gasteiger partial charge on any atom is 0.506 e. The molecule has 0 aromatic heterocycles. The molecule has 3 aromatic rings. The molecule has 0 bridgehead atoms. The van der Waals surface area contributed by atoms with E-state index in [9.17, 15) is 9.59 Å². The molecule has 0 saturated carbocycles. The summed E-state index contributed by atoms with van der Waals surface area (Å²) in [4.78, 5) is 23.4. The van der Waals surface area contributed by atoms with E-state index in [-0.39, 0.29) is 10.9 Å². The number of carbonyl (C=O) groups excluding carboxylic acids is 1. The first-order valence-electron chi connectivity index (χ1n) is 10.7. The molecule has 2 N–H and O–H groups in total. The number of carboxylic acid groups (broad SMARTS) is 1. The highest BCUT2D eigenvalue weighted by molar-refractivity contribution is 6.42. The zero-order chi connectivity index (χ0) is 24.9. The molecule has 1 aliphatic rings. The minimum absolute atomic E-state index is 0.237. The zero-order valence-electron chi connectivity index (χ0n) is 18.2. The molecular weight excluding hydrogens is 517 g/mol. The molecule has 4 rings (SSSR count). The van der Waals surface area contributed by atoms with Crippen LogP contribution in [0.15, 0.2) is 54.6 Å². The van der Waals surface area contributed by atoms with E-state index in [0.29, 0.717) is 64.4 Å². The van der Waals surface area contributed by atoms with Gasteiger partial charge in [-0.25, -0.2) is 4.79 Å². The predicted molar refractivity (Wildman–Crippen MR) is 132 cm³/mol. The number of fused-ring (bicyclic) bond motifs is 1. The Kier molecular flexibility index (Phi) is 7.90. The summed E-state index contributed by atoms with van der Waals surface area (Å²) in [6.07, 6.45) is -1.08. The molecule has 1 unspecified atom stereocenters. The number of hydrogen-bond acceptors (Lipinski definition) is 5. The lowest BCUT2D eigenvalue weighted by Gasteiger charge is -2.25. The van der Waals surface area contributed by atoms with E-state index in [1.54, 1.807) is 42.5 Å². The van der Waals surface area contributed by atoms with Crippen LogP contribution in [-0.4, -0.2) is 30.3 Å². The second-order valence-electron chi connectivity index (χ2n) is 7.68. The van der Waals surface area contributed by atoms with E-state index in [2.05, 4.69) is 5.32 Å². The van der Waals surface area contributed by atoms with E-state index in [0.717, 1.165) is 5.56 Å². The van der Waals surface area contributed by atoms with Gasteiger partial charge in [-0.1, -0.05) is 46.9 Å². The largest absolute Gasteiger partial charge is 0.506 e. The summed E-state index contributed by atoms with van der Waals surface area (Å²) in [5.41, 5.74) is 1.86. The Morgan fingerprint density at radius 1 is 1.06 bits per heavy atom. The number of benzene rings is 3. The summed E-state index contributed by atoms with van der Waals surface area (Å²) >= 11 is 18.6. The zero-order valence-corrected chi connectivity index (χ0v) is 20.5. The molecule has 7 nitrogen and oxygen atoms in total. The van der Waals surface area contributed by atoms with Crippen LogP contribution in [-0.2, 0) is 11.2 Å². The Morgan fingerprint density at radius 3 is 2.57 bits per heavy atom. The van der Waals surface area contributed by atoms with Gasteiger partial charge >= 0.3 is 6.16 Å². The van der Waals surface area contributed by atoms with Crippen molar-refractivity contribution in [2.24, 2.45) is 0 Å². The summed E-state index contributed by atoms with van der Waals surface area (Å²) in [7, 11) is 0. The highest BCUT2D eigenvalue weighted by Crippen LogP contribution is 2.42. The smallest absolute Gasteiger partial charge is 0.493 e. The van der Waals surface area contributed by atoms with Crippen LogP contribution in [0.4, 0.5) is 4.79 Å². The van der Waals surface area contributed by atoms with Crippen molar-refractivity contribution in [1.29, 1.82) is 0 Å². The number of nitrogens with one attached hydrogen (secondary N) is 1. The molecule has 10 heteroatoms. The van der Waals surface area contributed by atoms with Crippen LogP contribution < -0.4 is 14.8 Å². The topological polar surface area (TPSA) is 94.1 Å². The first kappa shape index (κ1) is 25.0. The van der Waals surface area contributed by atoms with Gasteiger partial charge in [0.15, 0.2) is 0 Å². The number of carbonyl (C=O) groups is 2. The number of halogens is 3. The summed E-state index contributed by atoms with van der Waals surface area (Å²) in [5, 5.41) is 13.0. The van der Waals surface area contributed by atoms with Crippen LogP contribution in [0.3, 0.4) is 0 Å². The monoisotopic (exact) mass is 535 g/mol. The van der Waals surface area contributed by atoms with Crippen molar-refractivity contribution >= 4 is 46.9 Å². The van der Waals surface area contributed by atoms with Crippen molar-refractivity contribution in [2.45, 2.75) is 18.9 Å². The van der Waals surface area contributed by atoms with Crippen LogP contribution in [0.5, 0.6) is 17.2 Å². The third-order valence-electron chi connectivity index (χ3n) is 5.35. The van der Waals surface area contributed by atoms with Gasteiger partial charge in [-0.2, -0.15) is 0 Å². The van der Waals surface area contributed by atoms with E-state index < -0.39 is 12.3 Å². The Hall–Kier alpha value is -3.13. The SMILES string of the molecule is O=C(O)OC1CCOc2cc(Oc3ccc(C(=O)NCCc4cccc(Cl)c4Cl)cc3)c(Cl)cc21. The minimum Gasteiger partial charge on any atom is -0.493 e. The molecule has 1 heterocycles. The van der Waals surface area contributed by atoms with Crippen molar-refractivity contribution < 1.29 is 28.9 Å². The standard InChI is InChI=1S/C25H20Cl3NO6/c26-18-3-1-2-14(23(18)28)8-10-29-24(30)15-4-6-16(7-5-15)34-22-13-21-17(12-19(22)27)20(9-11-33-21)35-25(31)32/h1-7,12-13,20H,8-11H2,(H,29,30)(H,31,32). The van der Waals surface area contributed by atoms with Gasteiger partial charge in [0.2, 0.25) is 0 Å². The van der Waals surface area contributed by atoms with Gasteiger partial charge in [0.1, 0.15) is 23.4 Å². The van der Waals surface area contributed by atoms with Gasteiger partial charge < -0.3 is 24.6 Å². The van der Waals surface area contributed by atoms with E-state index in [1.807, 2.05) is 12.1 Å². The highest BCUT2D eigenvalue weighted by atomic mass is 35.5. The maximum absolute atomic E-state index is 12.5. The van der Waals surface area contributed by atoms with E-state index in [4.69, 9.17) is 54.1 Å². The fraction of sp³-hybridized carbons (Fsp3) is 0.200. The lowest BCUT2D eigenvalue weighted by molar-refractivity contribution is 0.0326. The molecule has 0 saturated heterocycles. The summed E-state index contributed by atoms with van der Waals surface area (Å²) in [5.74, 6) is 0.998. The van der Waals surface area contributed by atoms with Crippen molar-refractivity contribution in [3.8, 4) is 17.2 Å². The first-order valence-corrected chi connectivity index (χ1v) is 11.8. The molecule has 0 radical (unpaired) electrons. The molecule has 0 fully saturated rings. The second kappa shape index (κ2) is 11.1. The lowest BCUT2D eigenvalue weighted by Crippen LogP contribution is -2.25. The second-order valence-corrected chi connectivity index (χ2v) is 8.87. The van der Waals surface area contributed by atoms with Crippen molar-refractivity contribution in [2.75, 3.05) is 13.2 Å². The normalized spacial score (nSPS) is 14.4. The molecular formula is C25H20Cl3NO6. The lowest BCUT2D eigenvalue weighted by atomic mass is 10.0. The minimum atomic E-state index is -1.36. The summed E-state index contributed by atoms with van der Waals surface area (Å²) in [6, 6.07) is 15.1. The maximum atomic E-state index is 12.5. The quantitative estimate of drug-likeness (QED) is 0.318.